The SMILES string of the molecule is CCOC(=O)c1ccc(N2CCCC(O)C2)nc1. The van der Waals surface area contributed by atoms with Gasteiger partial charge in [0.2, 0.25) is 0 Å². The Labute approximate surface area is 106 Å². The number of ether oxygens (including phenoxy) is 1. The number of hydrogen-bond acceptors (Lipinski definition) is 5. The van der Waals surface area contributed by atoms with Gasteiger partial charge in [0, 0.05) is 19.3 Å². The van der Waals surface area contributed by atoms with Crippen molar-refractivity contribution in [2.24, 2.45) is 0 Å². The van der Waals surface area contributed by atoms with E-state index in [9.17, 15) is 9.90 Å². The van der Waals surface area contributed by atoms with Crippen LogP contribution >= 0.6 is 0 Å². The van der Waals surface area contributed by atoms with Gasteiger partial charge in [-0.15, -0.1) is 0 Å². The molecule has 0 aliphatic carbocycles. The summed E-state index contributed by atoms with van der Waals surface area (Å²) in [6, 6.07) is 3.51. The van der Waals surface area contributed by atoms with Crippen LogP contribution in [-0.4, -0.2) is 41.9 Å². The van der Waals surface area contributed by atoms with Crippen LogP contribution in [0.2, 0.25) is 0 Å². The molecule has 0 aromatic carbocycles. The minimum Gasteiger partial charge on any atom is -0.462 e. The van der Waals surface area contributed by atoms with Gasteiger partial charge in [-0.3, -0.25) is 0 Å². The summed E-state index contributed by atoms with van der Waals surface area (Å²) in [5, 5.41) is 9.61. The lowest BCUT2D eigenvalue weighted by atomic mass is 10.1. The lowest BCUT2D eigenvalue weighted by Gasteiger charge is -2.30. The van der Waals surface area contributed by atoms with Gasteiger partial charge >= 0.3 is 5.97 Å². The molecule has 98 valence electrons. The molecule has 1 aliphatic rings. The smallest absolute Gasteiger partial charge is 0.339 e. The Morgan fingerprint density at radius 3 is 3.06 bits per heavy atom. The number of nitrogens with zero attached hydrogens (tertiary/aromatic N) is 2. The molecule has 2 rings (SSSR count). The first-order valence-corrected chi connectivity index (χ1v) is 6.27. The van der Waals surface area contributed by atoms with Gasteiger partial charge in [0.25, 0.3) is 0 Å². The van der Waals surface area contributed by atoms with E-state index in [4.69, 9.17) is 4.74 Å². The van der Waals surface area contributed by atoms with E-state index < -0.39 is 0 Å². The van der Waals surface area contributed by atoms with Gasteiger partial charge in [0.1, 0.15) is 5.82 Å². The van der Waals surface area contributed by atoms with Gasteiger partial charge in [-0.1, -0.05) is 0 Å². The van der Waals surface area contributed by atoms with Crippen molar-refractivity contribution in [2.45, 2.75) is 25.9 Å². The van der Waals surface area contributed by atoms with Gasteiger partial charge in [0.05, 0.1) is 18.3 Å². The molecule has 1 aliphatic heterocycles. The molecular formula is C13H18N2O3. The number of aliphatic hydroxyl groups is 1. The van der Waals surface area contributed by atoms with Crippen molar-refractivity contribution < 1.29 is 14.6 Å². The summed E-state index contributed by atoms with van der Waals surface area (Å²) in [5.41, 5.74) is 0.457. The second kappa shape index (κ2) is 5.82. The number of piperidine rings is 1. The number of rotatable bonds is 3. The van der Waals surface area contributed by atoms with E-state index in [0.29, 0.717) is 18.7 Å². The molecule has 1 atom stereocenters. The maximum absolute atomic E-state index is 11.5. The third-order valence-electron chi connectivity index (χ3n) is 2.98. The number of β-amino-alcohol motifs (C(OH)–C–C–N with tert-alkyl or cyclic N) is 1. The highest BCUT2D eigenvalue weighted by Crippen LogP contribution is 2.18. The number of aromatic nitrogens is 1. The standard InChI is InChI=1S/C13H18N2O3/c1-2-18-13(17)10-5-6-12(14-8-10)15-7-3-4-11(16)9-15/h5-6,8,11,16H,2-4,7,9H2,1H3. The van der Waals surface area contributed by atoms with E-state index >= 15 is 0 Å². The van der Waals surface area contributed by atoms with Crippen molar-refractivity contribution in [1.29, 1.82) is 0 Å². The fourth-order valence-electron chi connectivity index (χ4n) is 2.07. The van der Waals surface area contributed by atoms with Crippen molar-refractivity contribution in [3.63, 3.8) is 0 Å². The Kier molecular flexibility index (Phi) is 4.15. The third kappa shape index (κ3) is 2.98. The number of aliphatic hydroxyl groups excluding tert-OH is 1. The second-order valence-corrected chi connectivity index (χ2v) is 4.37. The fourth-order valence-corrected chi connectivity index (χ4v) is 2.07. The summed E-state index contributed by atoms with van der Waals surface area (Å²) in [6.07, 6.45) is 3.04. The molecule has 1 aromatic heterocycles. The summed E-state index contributed by atoms with van der Waals surface area (Å²) in [4.78, 5) is 17.8. The zero-order chi connectivity index (χ0) is 13.0. The number of esters is 1. The minimum atomic E-state index is -0.352. The second-order valence-electron chi connectivity index (χ2n) is 4.37. The number of anilines is 1. The van der Waals surface area contributed by atoms with Crippen LogP contribution in [0.4, 0.5) is 5.82 Å². The summed E-state index contributed by atoms with van der Waals surface area (Å²) in [5.74, 6) is 0.442. The fraction of sp³-hybridized carbons (Fsp3) is 0.538. The predicted molar refractivity (Wildman–Crippen MR) is 67.6 cm³/mol. The third-order valence-corrected chi connectivity index (χ3v) is 2.98. The lowest BCUT2D eigenvalue weighted by Crippen LogP contribution is -2.38. The molecular weight excluding hydrogens is 232 g/mol. The van der Waals surface area contributed by atoms with Crippen LogP contribution in [0.15, 0.2) is 18.3 Å². The Morgan fingerprint density at radius 1 is 1.61 bits per heavy atom. The lowest BCUT2D eigenvalue weighted by molar-refractivity contribution is 0.0526. The highest BCUT2D eigenvalue weighted by Gasteiger charge is 2.19. The van der Waals surface area contributed by atoms with Crippen LogP contribution in [0, 0.1) is 0 Å². The molecule has 1 fully saturated rings. The van der Waals surface area contributed by atoms with E-state index in [1.165, 1.54) is 6.20 Å². The predicted octanol–water partition coefficient (Wildman–Crippen LogP) is 1.22. The molecule has 0 saturated carbocycles. The summed E-state index contributed by atoms with van der Waals surface area (Å²) in [7, 11) is 0. The van der Waals surface area contributed by atoms with Gasteiger partial charge < -0.3 is 14.7 Å². The molecule has 0 bridgehead atoms. The highest BCUT2D eigenvalue weighted by atomic mass is 16.5. The van der Waals surface area contributed by atoms with E-state index in [-0.39, 0.29) is 12.1 Å². The van der Waals surface area contributed by atoms with Crippen molar-refractivity contribution in [3.8, 4) is 0 Å². The first-order valence-electron chi connectivity index (χ1n) is 6.27. The normalized spacial score (nSPS) is 19.7. The van der Waals surface area contributed by atoms with Crippen LogP contribution in [0.3, 0.4) is 0 Å². The number of carbonyl (C=O) groups is 1. The van der Waals surface area contributed by atoms with E-state index in [1.807, 2.05) is 4.90 Å². The first kappa shape index (κ1) is 12.8. The molecule has 18 heavy (non-hydrogen) atoms. The number of pyridine rings is 1. The monoisotopic (exact) mass is 250 g/mol. The first-order chi connectivity index (χ1) is 8.70. The van der Waals surface area contributed by atoms with Crippen LogP contribution in [0.25, 0.3) is 0 Å². The van der Waals surface area contributed by atoms with Crippen LogP contribution < -0.4 is 4.90 Å². The molecule has 0 amide bonds. The molecule has 1 unspecified atom stereocenters. The van der Waals surface area contributed by atoms with Gasteiger partial charge in [0.15, 0.2) is 0 Å². The van der Waals surface area contributed by atoms with Crippen molar-refractivity contribution in [1.82, 2.24) is 4.98 Å². The number of carbonyl (C=O) groups excluding carboxylic acids is 1. The largest absolute Gasteiger partial charge is 0.462 e. The minimum absolute atomic E-state index is 0.287. The van der Waals surface area contributed by atoms with Gasteiger partial charge in [-0.05, 0) is 31.9 Å². The molecule has 5 heteroatoms. The van der Waals surface area contributed by atoms with E-state index in [1.54, 1.807) is 19.1 Å². The average molecular weight is 250 g/mol. The molecule has 2 heterocycles. The zero-order valence-electron chi connectivity index (χ0n) is 10.5. The van der Waals surface area contributed by atoms with Crippen LogP contribution in [-0.2, 0) is 4.74 Å². The van der Waals surface area contributed by atoms with E-state index in [0.717, 1.165) is 25.2 Å². The van der Waals surface area contributed by atoms with Crippen LogP contribution in [0.5, 0.6) is 0 Å². The molecule has 0 spiro atoms. The van der Waals surface area contributed by atoms with Crippen molar-refractivity contribution in [2.75, 3.05) is 24.6 Å². The molecule has 1 N–H and O–H groups in total. The number of hydrogen-bond donors (Lipinski definition) is 1. The summed E-state index contributed by atoms with van der Waals surface area (Å²) in [6.45, 7) is 3.63. The maximum Gasteiger partial charge on any atom is 0.339 e. The average Bonchev–Trinajstić information content (AvgIpc) is 2.39. The summed E-state index contributed by atoms with van der Waals surface area (Å²) >= 11 is 0. The van der Waals surface area contributed by atoms with Crippen LogP contribution in [0.1, 0.15) is 30.1 Å². The quantitative estimate of drug-likeness (QED) is 0.817. The van der Waals surface area contributed by atoms with Crippen molar-refractivity contribution >= 4 is 11.8 Å². The Morgan fingerprint density at radius 2 is 2.44 bits per heavy atom. The summed E-state index contributed by atoms with van der Waals surface area (Å²) < 4.78 is 4.90. The van der Waals surface area contributed by atoms with E-state index in [2.05, 4.69) is 4.98 Å². The van der Waals surface area contributed by atoms with Gasteiger partial charge in [-0.2, -0.15) is 0 Å². The maximum atomic E-state index is 11.5. The topological polar surface area (TPSA) is 62.7 Å². The molecule has 5 nitrogen and oxygen atoms in total. The molecule has 0 radical (unpaired) electrons. The Hall–Kier alpha value is -1.62. The molecule has 1 aromatic rings. The zero-order valence-corrected chi connectivity index (χ0v) is 10.5. The molecule has 1 saturated heterocycles. The Bertz CT molecular complexity index is 405. The van der Waals surface area contributed by atoms with Gasteiger partial charge in [-0.25, -0.2) is 9.78 Å². The van der Waals surface area contributed by atoms with Crippen molar-refractivity contribution in [3.05, 3.63) is 23.9 Å². The Balaban J connectivity index is 2.05. The highest BCUT2D eigenvalue weighted by molar-refractivity contribution is 5.89.